The van der Waals surface area contributed by atoms with Crippen molar-refractivity contribution in [3.8, 4) is 0 Å². The van der Waals surface area contributed by atoms with Crippen molar-refractivity contribution < 1.29 is 22.7 Å². The van der Waals surface area contributed by atoms with Gasteiger partial charge in [-0.25, -0.2) is 13.2 Å². The maximum Gasteiger partial charge on any atom is 0.280 e. The summed E-state index contributed by atoms with van der Waals surface area (Å²) in [7, 11) is 1.63. The van der Waals surface area contributed by atoms with Gasteiger partial charge < -0.3 is 20.7 Å². The molecule has 184 valence electrons. The number of amides is 1. The predicted molar refractivity (Wildman–Crippen MR) is 123 cm³/mol. The van der Waals surface area contributed by atoms with Gasteiger partial charge in [0.1, 0.15) is 11.9 Å². The van der Waals surface area contributed by atoms with E-state index in [-0.39, 0.29) is 24.0 Å². The molecule has 0 bridgehead atoms. The number of carbonyl (C=O) groups excluding carboxylic acids is 1. The van der Waals surface area contributed by atoms with Gasteiger partial charge in [0, 0.05) is 24.6 Å². The van der Waals surface area contributed by atoms with Crippen molar-refractivity contribution in [3.05, 3.63) is 76.0 Å². The third-order valence-electron chi connectivity index (χ3n) is 4.84. The Hall–Kier alpha value is -3.31. The van der Waals surface area contributed by atoms with E-state index in [0.717, 1.165) is 18.2 Å². The molecular weight excluding hydrogens is 451 g/mol. The number of halogens is 3. The fourth-order valence-electron chi connectivity index (χ4n) is 3.03. The average Bonchev–Trinajstić information content (AvgIpc) is 2.82. The second-order valence-corrected chi connectivity index (χ2v) is 7.49. The molecule has 2 rings (SSSR count). The van der Waals surface area contributed by atoms with Crippen LogP contribution in [0, 0.1) is 22.4 Å². The normalized spacial score (nSPS) is 14.2. The molecular formula is C23H28F3N5O3. The average molecular weight is 480 g/mol. The molecule has 8 nitrogen and oxygen atoms in total. The summed E-state index contributed by atoms with van der Waals surface area (Å²) in [5.74, 6) is -3.46. The SMILES string of the molecule is CCOC[C@H](C)N/C(=N/C(=O)c1ccc(F)c(F)c1)NC(CC(N=O)c1ccc(F)cc1)NC. The van der Waals surface area contributed by atoms with Gasteiger partial charge in [0.2, 0.25) is 5.96 Å². The highest BCUT2D eigenvalue weighted by molar-refractivity contribution is 6.02. The summed E-state index contributed by atoms with van der Waals surface area (Å²) in [5, 5.41) is 12.1. The Labute approximate surface area is 196 Å². The minimum absolute atomic E-state index is 0.0324. The molecule has 0 heterocycles. The van der Waals surface area contributed by atoms with Crippen LogP contribution in [0.25, 0.3) is 0 Å². The molecule has 0 aliphatic heterocycles. The fraction of sp³-hybridized carbons (Fsp3) is 0.391. The molecule has 11 heteroatoms. The third kappa shape index (κ3) is 8.23. The minimum atomic E-state index is -1.17. The fourth-order valence-corrected chi connectivity index (χ4v) is 3.03. The summed E-state index contributed by atoms with van der Waals surface area (Å²) in [5.41, 5.74) is 0.379. The van der Waals surface area contributed by atoms with Gasteiger partial charge in [0.15, 0.2) is 11.6 Å². The van der Waals surface area contributed by atoms with E-state index in [9.17, 15) is 22.9 Å². The molecule has 0 spiro atoms. The Morgan fingerprint density at radius 3 is 2.35 bits per heavy atom. The first-order chi connectivity index (χ1) is 16.3. The Morgan fingerprint density at radius 2 is 1.76 bits per heavy atom. The predicted octanol–water partition coefficient (Wildman–Crippen LogP) is 3.65. The second-order valence-electron chi connectivity index (χ2n) is 7.49. The molecule has 2 aromatic carbocycles. The molecule has 0 fully saturated rings. The molecule has 2 aromatic rings. The first-order valence-corrected chi connectivity index (χ1v) is 10.7. The number of rotatable bonds is 11. The van der Waals surface area contributed by atoms with Gasteiger partial charge >= 0.3 is 0 Å². The van der Waals surface area contributed by atoms with Crippen molar-refractivity contribution in [2.45, 2.75) is 38.5 Å². The Kier molecular flexibility index (Phi) is 10.6. The lowest BCUT2D eigenvalue weighted by molar-refractivity contribution is 0.1000. The molecule has 3 atom stereocenters. The van der Waals surface area contributed by atoms with Crippen LogP contribution < -0.4 is 16.0 Å². The second kappa shape index (κ2) is 13.4. The third-order valence-corrected chi connectivity index (χ3v) is 4.84. The summed E-state index contributed by atoms with van der Waals surface area (Å²) in [6.45, 7) is 4.45. The topological polar surface area (TPSA) is 104 Å². The molecule has 0 aliphatic carbocycles. The van der Waals surface area contributed by atoms with Crippen molar-refractivity contribution in [2.24, 2.45) is 10.2 Å². The zero-order valence-electron chi connectivity index (χ0n) is 19.1. The lowest BCUT2D eigenvalue weighted by Gasteiger charge is -2.25. The number of ether oxygens (including phenoxy) is 1. The van der Waals surface area contributed by atoms with Crippen molar-refractivity contribution in [2.75, 3.05) is 20.3 Å². The Morgan fingerprint density at radius 1 is 1.06 bits per heavy atom. The van der Waals surface area contributed by atoms with Gasteiger partial charge in [-0.1, -0.05) is 17.3 Å². The molecule has 0 radical (unpaired) electrons. The van der Waals surface area contributed by atoms with Gasteiger partial charge in [-0.15, -0.1) is 0 Å². The number of nitrogens with one attached hydrogen (secondary N) is 3. The lowest BCUT2D eigenvalue weighted by Crippen LogP contribution is -2.52. The van der Waals surface area contributed by atoms with Gasteiger partial charge in [0.05, 0.1) is 12.8 Å². The number of carbonyl (C=O) groups is 1. The molecule has 2 unspecified atom stereocenters. The summed E-state index contributed by atoms with van der Waals surface area (Å²) in [6, 6.07) is 7.07. The van der Waals surface area contributed by atoms with Crippen LogP contribution in [0.15, 0.2) is 52.6 Å². The highest BCUT2D eigenvalue weighted by Gasteiger charge is 2.21. The molecule has 3 N–H and O–H groups in total. The van der Waals surface area contributed by atoms with Crippen LogP contribution >= 0.6 is 0 Å². The van der Waals surface area contributed by atoms with Crippen LogP contribution in [-0.4, -0.2) is 44.3 Å². The van der Waals surface area contributed by atoms with Gasteiger partial charge in [-0.05, 0) is 56.8 Å². The number of hydrogen-bond donors (Lipinski definition) is 3. The molecule has 1 amide bonds. The van der Waals surface area contributed by atoms with E-state index in [4.69, 9.17) is 4.74 Å². The molecule has 0 aliphatic rings. The molecule has 0 saturated heterocycles. The van der Waals surface area contributed by atoms with E-state index in [1.807, 2.05) is 6.92 Å². The van der Waals surface area contributed by atoms with Crippen LogP contribution in [0.1, 0.15) is 42.2 Å². The van der Waals surface area contributed by atoms with E-state index in [2.05, 4.69) is 26.1 Å². The van der Waals surface area contributed by atoms with Crippen LogP contribution in [-0.2, 0) is 4.74 Å². The van der Waals surface area contributed by atoms with E-state index < -0.39 is 35.6 Å². The highest BCUT2D eigenvalue weighted by atomic mass is 19.2. The largest absolute Gasteiger partial charge is 0.380 e. The van der Waals surface area contributed by atoms with Crippen molar-refractivity contribution in [3.63, 3.8) is 0 Å². The summed E-state index contributed by atoms with van der Waals surface area (Å²) in [6.07, 6.45) is -0.443. The summed E-state index contributed by atoms with van der Waals surface area (Å²) in [4.78, 5) is 28.1. The Bertz CT molecular complexity index is 988. The number of aliphatic imine (C=N–C) groups is 1. The van der Waals surface area contributed by atoms with Gasteiger partial charge in [-0.2, -0.15) is 9.90 Å². The molecule has 34 heavy (non-hydrogen) atoms. The smallest absolute Gasteiger partial charge is 0.280 e. The van der Waals surface area contributed by atoms with Crippen molar-refractivity contribution in [1.82, 2.24) is 16.0 Å². The first-order valence-electron chi connectivity index (χ1n) is 10.7. The number of benzene rings is 2. The summed E-state index contributed by atoms with van der Waals surface area (Å²) < 4.78 is 45.4. The monoisotopic (exact) mass is 479 g/mol. The quantitative estimate of drug-likeness (QED) is 0.197. The summed E-state index contributed by atoms with van der Waals surface area (Å²) >= 11 is 0. The van der Waals surface area contributed by atoms with Crippen LogP contribution in [0.3, 0.4) is 0 Å². The Balaban J connectivity index is 2.24. The van der Waals surface area contributed by atoms with Crippen LogP contribution in [0.5, 0.6) is 0 Å². The van der Waals surface area contributed by atoms with E-state index in [1.165, 1.54) is 24.3 Å². The van der Waals surface area contributed by atoms with Crippen molar-refractivity contribution in [1.29, 1.82) is 0 Å². The van der Waals surface area contributed by atoms with Crippen molar-refractivity contribution >= 4 is 11.9 Å². The first kappa shape index (κ1) is 26.9. The van der Waals surface area contributed by atoms with E-state index >= 15 is 0 Å². The minimum Gasteiger partial charge on any atom is -0.380 e. The number of guanidine groups is 1. The standard InChI is InChI=1S/C23H28F3N5O3/c1-4-34-13-14(2)28-23(30-22(32)16-7-10-18(25)19(26)11-16)29-21(27-3)12-20(31-33)15-5-8-17(24)9-6-15/h5-11,14,20-21,27H,4,12-13H2,1-3H3,(H2,28,29,30,32)/t14-,20?,21?/m0/s1. The molecule has 0 aromatic heterocycles. The van der Waals surface area contributed by atoms with Gasteiger partial charge in [-0.3, -0.25) is 4.79 Å². The van der Waals surface area contributed by atoms with Crippen LogP contribution in [0.2, 0.25) is 0 Å². The van der Waals surface area contributed by atoms with Crippen LogP contribution in [0.4, 0.5) is 13.2 Å². The number of nitrogens with zero attached hydrogens (tertiary/aromatic N) is 2. The zero-order valence-corrected chi connectivity index (χ0v) is 19.1. The number of hydrogen-bond acceptors (Lipinski definition) is 5. The highest BCUT2D eigenvalue weighted by Crippen LogP contribution is 2.22. The number of nitroso groups, excluding NO2 is 1. The maximum atomic E-state index is 13.6. The van der Waals surface area contributed by atoms with E-state index in [1.54, 1.807) is 14.0 Å². The zero-order chi connectivity index (χ0) is 25.1. The maximum absolute atomic E-state index is 13.6. The van der Waals surface area contributed by atoms with Gasteiger partial charge in [0.25, 0.3) is 5.91 Å². The van der Waals surface area contributed by atoms with E-state index in [0.29, 0.717) is 18.8 Å². The lowest BCUT2D eigenvalue weighted by atomic mass is 10.0. The molecule has 0 saturated carbocycles.